The molecule has 4 rings (SSSR count). The van der Waals surface area contributed by atoms with Crippen molar-refractivity contribution in [3.05, 3.63) is 46.3 Å². The van der Waals surface area contributed by atoms with E-state index >= 15 is 0 Å². The van der Waals surface area contributed by atoms with Crippen LogP contribution in [-0.4, -0.2) is 31.0 Å². The predicted molar refractivity (Wildman–Crippen MR) is 86.8 cm³/mol. The van der Waals surface area contributed by atoms with E-state index < -0.39 is 0 Å². The minimum atomic E-state index is -0.0245. The maximum absolute atomic E-state index is 4.65. The van der Waals surface area contributed by atoms with Crippen LogP contribution in [0.2, 0.25) is 0 Å². The first-order chi connectivity index (χ1) is 10.7. The molecule has 0 unspecified atom stereocenters. The lowest BCUT2D eigenvalue weighted by atomic mass is 9.94. The van der Waals surface area contributed by atoms with Gasteiger partial charge in [-0.3, -0.25) is 4.90 Å². The maximum atomic E-state index is 4.65. The molecule has 1 saturated heterocycles. The molecule has 0 radical (unpaired) electrons. The Bertz CT molecular complexity index is 794. The summed E-state index contributed by atoms with van der Waals surface area (Å²) >= 11 is 1.66. The van der Waals surface area contributed by atoms with Crippen LogP contribution in [0.3, 0.4) is 0 Å². The van der Waals surface area contributed by atoms with Crippen molar-refractivity contribution >= 4 is 17.0 Å². The number of hydrogen-bond donors (Lipinski definition) is 0. The second kappa shape index (κ2) is 5.14. The molecule has 5 nitrogen and oxygen atoms in total. The van der Waals surface area contributed by atoms with Crippen molar-refractivity contribution in [2.75, 3.05) is 6.54 Å². The average Bonchev–Trinajstić information content (AvgIpc) is 3.20. The first-order valence-corrected chi connectivity index (χ1v) is 8.55. The lowest BCUT2D eigenvalue weighted by molar-refractivity contribution is 0.138. The largest absolute Gasteiger partial charge is 0.287 e. The molecule has 0 bridgehead atoms. The molecule has 1 aliphatic heterocycles. The molecule has 22 heavy (non-hydrogen) atoms. The van der Waals surface area contributed by atoms with Crippen molar-refractivity contribution in [2.24, 2.45) is 0 Å². The second-order valence-corrected chi connectivity index (χ2v) is 6.88. The number of aryl methyl sites for hydroxylation is 1. The summed E-state index contributed by atoms with van der Waals surface area (Å²) in [6.45, 7) is 6.32. The molecule has 3 aromatic heterocycles. The third-order valence-corrected chi connectivity index (χ3v) is 5.29. The van der Waals surface area contributed by atoms with E-state index in [1.54, 1.807) is 11.3 Å². The predicted octanol–water partition coefficient (Wildman–Crippen LogP) is 3.01. The highest BCUT2D eigenvalue weighted by atomic mass is 32.1. The molecule has 1 atom stereocenters. The van der Waals surface area contributed by atoms with Gasteiger partial charge in [0.05, 0.1) is 28.1 Å². The molecule has 1 aliphatic rings. The van der Waals surface area contributed by atoms with Crippen molar-refractivity contribution in [3.63, 3.8) is 0 Å². The van der Waals surface area contributed by atoms with Crippen molar-refractivity contribution in [3.8, 4) is 0 Å². The van der Waals surface area contributed by atoms with Gasteiger partial charge in [0.2, 0.25) is 0 Å². The van der Waals surface area contributed by atoms with Gasteiger partial charge in [0.15, 0.2) is 5.65 Å². The van der Waals surface area contributed by atoms with Gasteiger partial charge in [-0.1, -0.05) is 0 Å². The Kier molecular flexibility index (Phi) is 3.23. The molecule has 0 saturated carbocycles. The Labute approximate surface area is 133 Å². The number of fused-ring (bicyclic) bond motifs is 1. The van der Waals surface area contributed by atoms with Gasteiger partial charge in [0.1, 0.15) is 0 Å². The van der Waals surface area contributed by atoms with E-state index in [0.29, 0.717) is 0 Å². The minimum Gasteiger partial charge on any atom is -0.287 e. The quantitative estimate of drug-likeness (QED) is 0.746. The molecule has 0 aromatic carbocycles. The lowest BCUT2D eigenvalue weighted by Crippen LogP contribution is -2.39. The molecule has 3 aromatic rings. The smallest absolute Gasteiger partial charge is 0.155 e. The highest BCUT2D eigenvalue weighted by Gasteiger charge is 2.40. The van der Waals surface area contributed by atoms with E-state index in [9.17, 15) is 0 Å². The Hall–Kier alpha value is -1.79. The summed E-state index contributed by atoms with van der Waals surface area (Å²) in [7, 11) is 0. The Balaban J connectivity index is 1.77. The number of thiazole rings is 1. The van der Waals surface area contributed by atoms with E-state index in [2.05, 4.69) is 38.3 Å². The standard InChI is InChI=1S/C16H19N5S/c1-12-8-15-17-6-4-14(21(15)19-12)16(2)5-3-7-20(16)9-13-10-22-11-18-13/h4,6,8,10-11H,3,5,7,9H2,1-2H3/t16-/m0/s1. The minimum absolute atomic E-state index is 0.0245. The topological polar surface area (TPSA) is 46.3 Å². The first-order valence-electron chi connectivity index (χ1n) is 7.61. The van der Waals surface area contributed by atoms with Crippen molar-refractivity contribution in [1.29, 1.82) is 0 Å². The van der Waals surface area contributed by atoms with Crippen molar-refractivity contribution in [2.45, 2.75) is 38.8 Å². The van der Waals surface area contributed by atoms with Crippen LogP contribution in [-0.2, 0) is 12.1 Å². The lowest BCUT2D eigenvalue weighted by Gasteiger charge is -2.35. The summed E-state index contributed by atoms with van der Waals surface area (Å²) in [4.78, 5) is 11.4. The number of aromatic nitrogens is 4. The van der Waals surface area contributed by atoms with Crippen LogP contribution in [0.4, 0.5) is 0 Å². The van der Waals surface area contributed by atoms with E-state index in [0.717, 1.165) is 36.5 Å². The molecule has 114 valence electrons. The van der Waals surface area contributed by atoms with Gasteiger partial charge in [-0.15, -0.1) is 11.3 Å². The Morgan fingerprint density at radius 3 is 3.09 bits per heavy atom. The first kappa shape index (κ1) is 13.8. The third-order valence-electron chi connectivity index (χ3n) is 4.66. The normalized spacial score (nSPS) is 22.6. The highest BCUT2D eigenvalue weighted by molar-refractivity contribution is 7.07. The molecule has 6 heteroatoms. The number of likely N-dealkylation sites (tertiary alicyclic amines) is 1. The summed E-state index contributed by atoms with van der Waals surface area (Å²) in [5, 5.41) is 6.79. The zero-order valence-corrected chi connectivity index (χ0v) is 13.7. The molecule has 0 spiro atoms. The third kappa shape index (κ3) is 2.14. The maximum Gasteiger partial charge on any atom is 0.155 e. The van der Waals surface area contributed by atoms with Gasteiger partial charge < -0.3 is 0 Å². The summed E-state index contributed by atoms with van der Waals surface area (Å²) < 4.78 is 2.01. The van der Waals surface area contributed by atoms with Crippen LogP contribution in [0, 0.1) is 6.92 Å². The molecule has 0 amide bonds. The molecule has 1 fully saturated rings. The summed E-state index contributed by atoms with van der Waals surface area (Å²) in [5.41, 5.74) is 6.19. The number of hydrogen-bond acceptors (Lipinski definition) is 5. The summed E-state index contributed by atoms with van der Waals surface area (Å²) in [5.74, 6) is 0. The SMILES string of the molecule is Cc1cc2nccc([C@]3(C)CCCN3Cc3cscn3)n2n1. The monoisotopic (exact) mass is 313 g/mol. The molecular weight excluding hydrogens is 294 g/mol. The van der Waals surface area contributed by atoms with Crippen molar-refractivity contribution < 1.29 is 0 Å². The molecular formula is C16H19N5S. The van der Waals surface area contributed by atoms with Gasteiger partial charge in [0, 0.05) is 24.2 Å². The Morgan fingerprint density at radius 2 is 2.27 bits per heavy atom. The zero-order valence-electron chi connectivity index (χ0n) is 12.9. The van der Waals surface area contributed by atoms with Crippen LogP contribution in [0.25, 0.3) is 5.65 Å². The Morgan fingerprint density at radius 1 is 1.36 bits per heavy atom. The number of nitrogens with zero attached hydrogens (tertiary/aromatic N) is 5. The van der Waals surface area contributed by atoms with Crippen LogP contribution < -0.4 is 0 Å². The highest BCUT2D eigenvalue weighted by Crippen LogP contribution is 2.39. The fourth-order valence-electron chi connectivity index (χ4n) is 3.49. The molecule has 0 N–H and O–H groups in total. The van der Waals surface area contributed by atoms with Crippen LogP contribution >= 0.6 is 11.3 Å². The van der Waals surface area contributed by atoms with Gasteiger partial charge in [0.25, 0.3) is 0 Å². The van der Waals surface area contributed by atoms with Gasteiger partial charge in [-0.2, -0.15) is 5.10 Å². The van der Waals surface area contributed by atoms with E-state index in [4.69, 9.17) is 0 Å². The summed E-state index contributed by atoms with van der Waals surface area (Å²) in [6, 6.07) is 4.14. The van der Waals surface area contributed by atoms with Gasteiger partial charge in [-0.05, 0) is 39.3 Å². The van der Waals surface area contributed by atoms with Crippen LogP contribution in [0.15, 0.2) is 29.2 Å². The molecule has 4 heterocycles. The van der Waals surface area contributed by atoms with E-state index in [1.807, 2.05) is 29.2 Å². The average molecular weight is 313 g/mol. The fraction of sp³-hybridized carbons (Fsp3) is 0.438. The molecule has 0 aliphatic carbocycles. The second-order valence-electron chi connectivity index (χ2n) is 6.16. The fourth-order valence-corrected chi connectivity index (χ4v) is 4.04. The van der Waals surface area contributed by atoms with Crippen molar-refractivity contribution in [1.82, 2.24) is 24.5 Å². The zero-order chi connectivity index (χ0) is 15.2. The van der Waals surface area contributed by atoms with Crippen LogP contribution in [0.1, 0.15) is 36.8 Å². The summed E-state index contributed by atoms with van der Waals surface area (Å²) in [6.07, 6.45) is 4.23. The van der Waals surface area contributed by atoms with E-state index in [1.165, 1.54) is 12.1 Å². The number of rotatable bonds is 3. The van der Waals surface area contributed by atoms with Gasteiger partial charge >= 0.3 is 0 Å². The van der Waals surface area contributed by atoms with Gasteiger partial charge in [-0.25, -0.2) is 14.5 Å². The van der Waals surface area contributed by atoms with Crippen LogP contribution in [0.5, 0.6) is 0 Å². The van der Waals surface area contributed by atoms with E-state index in [-0.39, 0.29) is 5.54 Å².